The van der Waals surface area contributed by atoms with E-state index in [1.54, 1.807) is 7.11 Å². The molecule has 0 spiro atoms. The van der Waals surface area contributed by atoms with Crippen LogP contribution in [0.1, 0.15) is 12.8 Å². The molecule has 1 aliphatic rings. The Bertz CT molecular complexity index is 303. The average molecular weight is 330 g/mol. The van der Waals surface area contributed by atoms with Crippen molar-refractivity contribution in [3.05, 3.63) is 0 Å². The van der Waals surface area contributed by atoms with Crippen LogP contribution in [0, 0.1) is 0 Å². The zero-order valence-corrected chi connectivity index (χ0v) is 12.5. The maximum absolute atomic E-state index is 12.4. The number of methoxy groups -OCH3 is 1. The van der Waals surface area contributed by atoms with Gasteiger partial charge in [-0.25, -0.2) is 8.42 Å². The van der Waals surface area contributed by atoms with E-state index in [-0.39, 0.29) is 5.25 Å². The van der Waals surface area contributed by atoms with E-state index < -0.39 is 10.0 Å². The van der Waals surface area contributed by atoms with Gasteiger partial charge in [-0.1, -0.05) is 15.9 Å². The Morgan fingerprint density at radius 3 is 2.53 bits per heavy atom. The van der Waals surface area contributed by atoms with Crippen molar-refractivity contribution >= 4 is 26.0 Å². The van der Waals surface area contributed by atoms with Crippen LogP contribution in [0.15, 0.2) is 0 Å². The highest BCUT2D eigenvalue weighted by molar-refractivity contribution is 9.09. The maximum atomic E-state index is 12.4. The molecule has 17 heavy (non-hydrogen) atoms. The number of alkyl halides is 1. The van der Waals surface area contributed by atoms with Crippen molar-refractivity contribution in [3.63, 3.8) is 0 Å². The fraction of sp³-hybridized carbons (Fsp3) is 1.00. The van der Waals surface area contributed by atoms with E-state index in [4.69, 9.17) is 9.47 Å². The highest BCUT2D eigenvalue weighted by Crippen LogP contribution is 2.19. The van der Waals surface area contributed by atoms with Crippen LogP contribution in [0.5, 0.6) is 0 Å². The van der Waals surface area contributed by atoms with Crippen LogP contribution in [-0.4, -0.2) is 63.3 Å². The molecule has 0 atom stereocenters. The topological polar surface area (TPSA) is 55.8 Å². The third-order valence-corrected chi connectivity index (χ3v) is 5.58. The highest BCUT2D eigenvalue weighted by atomic mass is 79.9. The number of rotatable bonds is 7. The van der Waals surface area contributed by atoms with Gasteiger partial charge in [0.1, 0.15) is 0 Å². The van der Waals surface area contributed by atoms with Crippen molar-refractivity contribution in [3.8, 4) is 0 Å². The van der Waals surface area contributed by atoms with Crippen molar-refractivity contribution in [1.29, 1.82) is 0 Å². The molecule has 0 aromatic heterocycles. The van der Waals surface area contributed by atoms with Crippen molar-refractivity contribution < 1.29 is 17.9 Å². The second-order valence-corrected chi connectivity index (χ2v) is 6.94. The first-order valence-corrected chi connectivity index (χ1v) is 8.37. The van der Waals surface area contributed by atoms with Gasteiger partial charge in [0, 0.05) is 38.7 Å². The van der Waals surface area contributed by atoms with Gasteiger partial charge in [-0.05, 0) is 12.8 Å². The molecule has 0 aliphatic carbocycles. The number of hydrogen-bond acceptors (Lipinski definition) is 4. The number of hydrogen-bond donors (Lipinski definition) is 0. The second kappa shape index (κ2) is 7.68. The third kappa shape index (κ3) is 4.48. The summed E-state index contributed by atoms with van der Waals surface area (Å²) in [6.07, 6.45) is 1.18. The van der Waals surface area contributed by atoms with Crippen LogP contribution in [-0.2, 0) is 19.5 Å². The molecule has 5 nitrogen and oxygen atoms in total. The first-order valence-electron chi connectivity index (χ1n) is 5.74. The molecule has 102 valence electrons. The minimum absolute atomic E-state index is 0.299. The summed E-state index contributed by atoms with van der Waals surface area (Å²) in [6.45, 7) is 2.41. The summed E-state index contributed by atoms with van der Waals surface area (Å²) in [6, 6.07) is 0. The molecule has 0 N–H and O–H groups in total. The molecule has 1 saturated heterocycles. The molecular formula is C10H20BrNO4S. The smallest absolute Gasteiger partial charge is 0.217 e. The monoisotopic (exact) mass is 329 g/mol. The summed E-state index contributed by atoms with van der Waals surface area (Å²) in [5.41, 5.74) is 0. The predicted molar refractivity (Wildman–Crippen MR) is 70.0 cm³/mol. The summed E-state index contributed by atoms with van der Waals surface area (Å²) >= 11 is 3.29. The quantitative estimate of drug-likeness (QED) is 0.649. The average Bonchev–Trinajstić information content (AvgIpc) is 2.35. The van der Waals surface area contributed by atoms with Gasteiger partial charge in [0.25, 0.3) is 0 Å². The third-order valence-electron chi connectivity index (χ3n) is 2.83. The Balaban J connectivity index is 2.67. The normalized spacial score (nSPS) is 18.8. The van der Waals surface area contributed by atoms with Crippen LogP contribution in [0.3, 0.4) is 0 Å². The van der Waals surface area contributed by atoms with Gasteiger partial charge < -0.3 is 9.47 Å². The van der Waals surface area contributed by atoms with Crippen molar-refractivity contribution in [2.45, 2.75) is 18.1 Å². The molecule has 0 unspecified atom stereocenters. The van der Waals surface area contributed by atoms with Crippen LogP contribution < -0.4 is 0 Å². The van der Waals surface area contributed by atoms with Gasteiger partial charge in [-0.2, -0.15) is 4.31 Å². The van der Waals surface area contributed by atoms with Crippen LogP contribution in [0.4, 0.5) is 0 Å². The maximum Gasteiger partial charge on any atom is 0.217 e. The van der Waals surface area contributed by atoms with Crippen molar-refractivity contribution in [1.82, 2.24) is 4.31 Å². The lowest BCUT2D eigenvalue weighted by molar-refractivity contribution is 0.0968. The molecule has 1 aliphatic heterocycles. The molecular weight excluding hydrogens is 310 g/mol. The van der Waals surface area contributed by atoms with Gasteiger partial charge in [-0.15, -0.1) is 0 Å². The van der Waals surface area contributed by atoms with Crippen LogP contribution >= 0.6 is 15.9 Å². The molecule has 1 rings (SSSR count). The summed E-state index contributed by atoms with van der Waals surface area (Å²) in [7, 11) is -1.64. The minimum Gasteiger partial charge on any atom is -0.383 e. The fourth-order valence-electron chi connectivity index (χ4n) is 1.84. The molecule has 0 bridgehead atoms. The van der Waals surface area contributed by atoms with Gasteiger partial charge >= 0.3 is 0 Å². The molecule has 0 aromatic carbocycles. The van der Waals surface area contributed by atoms with E-state index in [1.807, 2.05) is 0 Å². The molecule has 1 heterocycles. The predicted octanol–water partition coefficient (Wildman–Crippen LogP) is 0.839. The number of sulfonamides is 1. The lowest BCUT2D eigenvalue weighted by Crippen LogP contribution is -2.43. The Morgan fingerprint density at radius 1 is 1.35 bits per heavy atom. The lowest BCUT2D eigenvalue weighted by Gasteiger charge is -2.29. The van der Waals surface area contributed by atoms with E-state index in [0.717, 1.165) is 0 Å². The lowest BCUT2D eigenvalue weighted by atomic mass is 10.2. The molecule has 0 saturated carbocycles. The Morgan fingerprint density at radius 2 is 2.00 bits per heavy atom. The van der Waals surface area contributed by atoms with E-state index >= 15 is 0 Å². The standard InChI is InChI=1S/C10H20BrNO4S/c1-15-9-6-12(5-4-11)17(13,14)10-2-7-16-8-3-10/h10H,2-9H2,1H3. The van der Waals surface area contributed by atoms with Crippen molar-refractivity contribution in [2.75, 3.05) is 45.4 Å². The van der Waals surface area contributed by atoms with Crippen LogP contribution in [0.25, 0.3) is 0 Å². The van der Waals surface area contributed by atoms with Gasteiger partial charge in [-0.3, -0.25) is 0 Å². The Kier molecular flexibility index (Phi) is 6.94. The van der Waals surface area contributed by atoms with E-state index in [9.17, 15) is 8.42 Å². The minimum atomic E-state index is -3.22. The van der Waals surface area contributed by atoms with Gasteiger partial charge in [0.2, 0.25) is 10.0 Å². The summed E-state index contributed by atoms with van der Waals surface area (Å²) in [5, 5.41) is 0.339. The fourth-order valence-corrected chi connectivity index (χ4v) is 4.39. The largest absolute Gasteiger partial charge is 0.383 e. The second-order valence-electron chi connectivity index (χ2n) is 3.94. The Labute approximate surface area is 112 Å². The summed E-state index contributed by atoms with van der Waals surface area (Å²) < 4.78 is 36.4. The number of halogens is 1. The molecule has 0 aromatic rings. The SMILES string of the molecule is COCCN(CCBr)S(=O)(=O)C1CCOCC1. The molecule has 1 fully saturated rings. The highest BCUT2D eigenvalue weighted by Gasteiger charge is 2.32. The molecule has 7 heteroatoms. The van der Waals surface area contributed by atoms with Crippen molar-refractivity contribution in [2.24, 2.45) is 0 Å². The van der Waals surface area contributed by atoms with E-state index in [0.29, 0.717) is 51.1 Å². The molecule has 0 radical (unpaired) electrons. The van der Waals surface area contributed by atoms with E-state index in [2.05, 4.69) is 15.9 Å². The number of ether oxygens (including phenoxy) is 2. The van der Waals surface area contributed by atoms with E-state index in [1.165, 1.54) is 4.31 Å². The zero-order valence-electron chi connectivity index (χ0n) is 10.1. The Hall–Kier alpha value is 0.310. The molecule has 0 amide bonds. The number of nitrogens with zero attached hydrogens (tertiary/aromatic N) is 1. The summed E-state index contributed by atoms with van der Waals surface area (Å²) in [4.78, 5) is 0. The van der Waals surface area contributed by atoms with Gasteiger partial charge in [0.05, 0.1) is 11.9 Å². The van der Waals surface area contributed by atoms with Gasteiger partial charge in [0.15, 0.2) is 0 Å². The summed E-state index contributed by atoms with van der Waals surface area (Å²) in [5.74, 6) is 0. The first-order chi connectivity index (χ1) is 8.12. The zero-order chi connectivity index (χ0) is 12.7. The first kappa shape index (κ1) is 15.4. The van der Waals surface area contributed by atoms with Crippen LogP contribution in [0.2, 0.25) is 0 Å².